The van der Waals surface area contributed by atoms with E-state index in [0.717, 1.165) is 42.5 Å². The predicted octanol–water partition coefficient (Wildman–Crippen LogP) is 3.07. The van der Waals surface area contributed by atoms with Crippen molar-refractivity contribution < 1.29 is 9.59 Å². The summed E-state index contributed by atoms with van der Waals surface area (Å²) in [7, 11) is 0. The number of rotatable bonds is 5. The van der Waals surface area contributed by atoms with Gasteiger partial charge in [-0.25, -0.2) is 0 Å². The molecule has 6 nitrogen and oxygen atoms in total. The second-order valence-electron chi connectivity index (χ2n) is 7.32. The fraction of sp³-hybridized carbons (Fsp3) is 0.261. The zero-order chi connectivity index (χ0) is 20.1. The lowest BCUT2D eigenvalue weighted by molar-refractivity contribution is -0.117. The van der Waals surface area contributed by atoms with Gasteiger partial charge in [-0.3, -0.25) is 19.5 Å². The van der Waals surface area contributed by atoms with Gasteiger partial charge < -0.3 is 10.6 Å². The van der Waals surface area contributed by atoms with Crippen LogP contribution in [0.25, 0.3) is 10.9 Å². The number of benzene rings is 2. The van der Waals surface area contributed by atoms with Gasteiger partial charge in [-0.2, -0.15) is 0 Å². The summed E-state index contributed by atoms with van der Waals surface area (Å²) < 4.78 is 0. The molecule has 0 unspecified atom stereocenters. The number of carbonyl (C=O) groups excluding carboxylic acids is 2. The molecule has 2 amide bonds. The van der Waals surface area contributed by atoms with Crippen LogP contribution in [-0.4, -0.2) is 47.4 Å². The maximum atomic E-state index is 12.8. The van der Waals surface area contributed by atoms with Gasteiger partial charge in [0, 0.05) is 36.4 Å². The van der Waals surface area contributed by atoms with Crippen molar-refractivity contribution in [3.63, 3.8) is 0 Å². The summed E-state index contributed by atoms with van der Waals surface area (Å²) in [6.45, 7) is 1.92. The van der Waals surface area contributed by atoms with Crippen molar-refractivity contribution >= 4 is 28.4 Å². The molecule has 0 atom stereocenters. The van der Waals surface area contributed by atoms with Gasteiger partial charge in [0.25, 0.3) is 5.91 Å². The van der Waals surface area contributed by atoms with E-state index in [-0.39, 0.29) is 17.9 Å². The monoisotopic (exact) mass is 388 g/mol. The number of fused-ring (bicyclic) bond motifs is 1. The number of amides is 2. The van der Waals surface area contributed by atoms with E-state index in [0.29, 0.717) is 12.1 Å². The van der Waals surface area contributed by atoms with Crippen LogP contribution < -0.4 is 10.6 Å². The molecule has 0 spiro atoms. The molecule has 2 aromatic carbocycles. The number of nitrogens with zero attached hydrogens (tertiary/aromatic N) is 2. The first-order valence-corrected chi connectivity index (χ1v) is 9.91. The van der Waals surface area contributed by atoms with Crippen LogP contribution in [0.1, 0.15) is 23.2 Å². The Morgan fingerprint density at radius 2 is 1.72 bits per heavy atom. The van der Waals surface area contributed by atoms with Crippen molar-refractivity contribution in [2.24, 2.45) is 0 Å². The van der Waals surface area contributed by atoms with Gasteiger partial charge in [-0.05, 0) is 37.1 Å². The average Bonchev–Trinajstić information content (AvgIpc) is 2.75. The molecule has 4 rings (SSSR count). The number of pyridine rings is 1. The Hall–Kier alpha value is -3.25. The fourth-order valence-electron chi connectivity index (χ4n) is 3.71. The van der Waals surface area contributed by atoms with E-state index >= 15 is 0 Å². The number of carbonyl (C=O) groups is 2. The maximum Gasteiger partial charge on any atom is 0.253 e. The molecule has 1 fully saturated rings. The first-order chi connectivity index (χ1) is 14.2. The highest BCUT2D eigenvalue weighted by atomic mass is 16.2. The van der Waals surface area contributed by atoms with Crippen molar-refractivity contribution in [1.82, 2.24) is 15.2 Å². The highest BCUT2D eigenvalue weighted by molar-refractivity contribution is 6.05. The van der Waals surface area contributed by atoms with Crippen LogP contribution in [0.3, 0.4) is 0 Å². The van der Waals surface area contributed by atoms with Crippen LogP contribution in [0.15, 0.2) is 66.9 Å². The molecule has 0 aliphatic carbocycles. The Bertz CT molecular complexity index is 993. The van der Waals surface area contributed by atoms with Crippen molar-refractivity contribution in [2.75, 3.05) is 25.0 Å². The molecule has 0 saturated carbocycles. The van der Waals surface area contributed by atoms with Gasteiger partial charge in [0.1, 0.15) is 0 Å². The normalized spacial score (nSPS) is 15.2. The largest absolute Gasteiger partial charge is 0.349 e. The van der Waals surface area contributed by atoms with Gasteiger partial charge >= 0.3 is 0 Å². The second kappa shape index (κ2) is 8.84. The first kappa shape index (κ1) is 19.1. The van der Waals surface area contributed by atoms with E-state index < -0.39 is 0 Å². The third-order valence-corrected chi connectivity index (χ3v) is 5.22. The van der Waals surface area contributed by atoms with E-state index in [9.17, 15) is 9.59 Å². The number of aromatic nitrogens is 1. The van der Waals surface area contributed by atoms with E-state index in [1.165, 1.54) is 0 Å². The molecule has 3 aromatic rings. The summed E-state index contributed by atoms with van der Waals surface area (Å²) >= 11 is 0. The number of piperidine rings is 1. The number of anilines is 1. The van der Waals surface area contributed by atoms with Gasteiger partial charge in [0.05, 0.1) is 17.6 Å². The number of likely N-dealkylation sites (tertiary alicyclic amines) is 1. The van der Waals surface area contributed by atoms with Crippen molar-refractivity contribution in [1.29, 1.82) is 0 Å². The fourth-order valence-corrected chi connectivity index (χ4v) is 3.71. The number of nitrogens with one attached hydrogen (secondary N) is 2. The van der Waals surface area contributed by atoms with Crippen LogP contribution in [-0.2, 0) is 4.79 Å². The first-order valence-electron chi connectivity index (χ1n) is 9.91. The van der Waals surface area contributed by atoms with Crippen LogP contribution in [0.4, 0.5) is 5.69 Å². The van der Waals surface area contributed by atoms with Crippen molar-refractivity contribution in [3.05, 3.63) is 72.4 Å². The summed E-state index contributed by atoms with van der Waals surface area (Å²) in [5.41, 5.74) is 2.14. The minimum atomic E-state index is -0.0884. The van der Waals surface area contributed by atoms with E-state index in [1.807, 2.05) is 60.7 Å². The lowest BCUT2D eigenvalue weighted by atomic mass is 10.0. The number of para-hydroxylation sites is 2. The molecule has 0 radical (unpaired) electrons. The quantitative estimate of drug-likeness (QED) is 0.704. The standard InChI is InChI=1S/C23H24N4O2/c28-21(25-18-8-2-1-3-9-18)16-27-14-11-19(12-15-27)26-23(29)20-10-4-6-17-7-5-13-24-22(17)20/h1-10,13,19H,11-12,14-16H2,(H,25,28)(H,26,29). The molecular formula is C23H24N4O2. The summed E-state index contributed by atoms with van der Waals surface area (Å²) in [5.74, 6) is -0.102. The number of hydrogen-bond donors (Lipinski definition) is 2. The molecule has 148 valence electrons. The second-order valence-corrected chi connectivity index (χ2v) is 7.32. The summed E-state index contributed by atoms with van der Waals surface area (Å²) in [5, 5.41) is 7.01. The Labute approximate surface area is 169 Å². The van der Waals surface area contributed by atoms with Gasteiger partial charge in [0.2, 0.25) is 5.91 Å². The zero-order valence-corrected chi connectivity index (χ0v) is 16.2. The lowest BCUT2D eigenvalue weighted by Crippen LogP contribution is -2.46. The molecule has 1 aliphatic rings. The SMILES string of the molecule is O=C(CN1CCC(NC(=O)c2cccc3cccnc23)CC1)Nc1ccccc1. The van der Waals surface area contributed by atoms with E-state index in [2.05, 4.69) is 20.5 Å². The average molecular weight is 388 g/mol. The molecule has 6 heteroatoms. The smallest absolute Gasteiger partial charge is 0.253 e. The zero-order valence-electron chi connectivity index (χ0n) is 16.2. The maximum absolute atomic E-state index is 12.8. The van der Waals surface area contributed by atoms with Crippen LogP contribution in [0.5, 0.6) is 0 Å². The molecule has 1 aliphatic heterocycles. The Kier molecular flexibility index (Phi) is 5.81. The minimum absolute atomic E-state index is 0.0134. The highest BCUT2D eigenvalue weighted by Crippen LogP contribution is 2.17. The van der Waals surface area contributed by atoms with Gasteiger partial charge in [-0.1, -0.05) is 36.4 Å². The molecule has 2 heterocycles. The van der Waals surface area contributed by atoms with Crippen LogP contribution in [0, 0.1) is 0 Å². The third kappa shape index (κ3) is 4.78. The Morgan fingerprint density at radius 1 is 0.966 bits per heavy atom. The summed E-state index contributed by atoms with van der Waals surface area (Å²) in [6.07, 6.45) is 3.35. The molecular weight excluding hydrogens is 364 g/mol. The predicted molar refractivity (Wildman–Crippen MR) is 114 cm³/mol. The van der Waals surface area contributed by atoms with E-state index in [1.54, 1.807) is 6.20 Å². The van der Waals surface area contributed by atoms with Crippen molar-refractivity contribution in [3.8, 4) is 0 Å². The number of hydrogen-bond acceptors (Lipinski definition) is 4. The van der Waals surface area contributed by atoms with Crippen LogP contribution >= 0.6 is 0 Å². The topological polar surface area (TPSA) is 74.3 Å². The van der Waals surface area contributed by atoms with Crippen molar-refractivity contribution in [2.45, 2.75) is 18.9 Å². The molecule has 1 saturated heterocycles. The van der Waals surface area contributed by atoms with Gasteiger partial charge in [-0.15, -0.1) is 0 Å². The highest BCUT2D eigenvalue weighted by Gasteiger charge is 2.23. The summed E-state index contributed by atoms with van der Waals surface area (Å²) in [4.78, 5) is 31.5. The van der Waals surface area contributed by atoms with Crippen LogP contribution in [0.2, 0.25) is 0 Å². The lowest BCUT2D eigenvalue weighted by Gasteiger charge is -2.31. The molecule has 0 bridgehead atoms. The minimum Gasteiger partial charge on any atom is -0.349 e. The van der Waals surface area contributed by atoms with Gasteiger partial charge in [0.15, 0.2) is 0 Å². The Morgan fingerprint density at radius 3 is 2.52 bits per heavy atom. The Balaban J connectivity index is 1.28. The van der Waals surface area contributed by atoms with E-state index in [4.69, 9.17) is 0 Å². The molecule has 1 aromatic heterocycles. The summed E-state index contributed by atoms with van der Waals surface area (Å²) in [6, 6.07) is 19.1. The molecule has 29 heavy (non-hydrogen) atoms. The third-order valence-electron chi connectivity index (χ3n) is 5.22. The molecule has 2 N–H and O–H groups in total.